The fourth-order valence-electron chi connectivity index (χ4n) is 2.50. The molecule has 0 saturated carbocycles. The van der Waals surface area contributed by atoms with E-state index in [9.17, 15) is 20.2 Å². The van der Waals surface area contributed by atoms with Crippen molar-refractivity contribution in [2.45, 2.75) is 19.9 Å². The summed E-state index contributed by atoms with van der Waals surface area (Å²) in [4.78, 5) is 22.7. The Morgan fingerprint density at radius 2 is 1.35 bits per heavy atom. The lowest BCUT2D eigenvalue weighted by Crippen LogP contribution is -2.26. The second-order valence-corrected chi connectivity index (χ2v) is 5.08. The van der Waals surface area contributed by atoms with Crippen LogP contribution in [-0.2, 0) is 0 Å². The standard InChI is InChI=1S/C16H17N3O4/c1-3-17(14-8-10-16(11-9-14)19(22)23)12(2)13-4-6-15(7-5-13)18(20)21/h4-12H,3H2,1-2H3. The molecule has 0 aliphatic rings. The fourth-order valence-corrected chi connectivity index (χ4v) is 2.50. The van der Waals surface area contributed by atoms with Crippen LogP contribution in [0.4, 0.5) is 17.1 Å². The largest absolute Gasteiger partial charge is 0.365 e. The van der Waals surface area contributed by atoms with Crippen molar-refractivity contribution in [3.8, 4) is 0 Å². The van der Waals surface area contributed by atoms with E-state index < -0.39 is 9.85 Å². The highest BCUT2D eigenvalue weighted by Crippen LogP contribution is 2.29. The lowest BCUT2D eigenvalue weighted by atomic mass is 10.1. The topological polar surface area (TPSA) is 89.5 Å². The molecule has 7 heteroatoms. The molecule has 0 N–H and O–H groups in total. The van der Waals surface area contributed by atoms with Crippen LogP contribution in [-0.4, -0.2) is 16.4 Å². The van der Waals surface area contributed by atoms with Gasteiger partial charge in [0.1, 0.15) is 0 Å². The molecule has 0 radical (unpaired) electrons. The number of nitro groups is 2. The molecule has 0 amide bonds. The fraction of sp³-hybridized carbons (Fsp3) is 0.250. The van der Waals surface area contributed by atoms with Gasteiger partial charge in [0.05, 0.1) is 15.9 Å². The number of hydrogen-bond acceptors (Lipinski definition) is 5. The van der Waals surface area contributed by atoms with E-state index in [2.05, 4.69) is 4.90 Å². The molecule has 120 valence electrons. The maximum absolute atomic E-state index is 10.7. The number of nitro benzene ring substituents is 2. The van der Waals surface area contributed by atoms with Gasteiger partial charge in [-0.1, -0.05) is 12.1 Å². The molecule has 0 aliphatic heterocycles. The maximum atomic E-state index is 10.7. The Labute approximate surface area is 133 Å². The van der Waals surface area contributed by atoms with Crippen molar-refractivity contribution in [3.63, 3.8) is 0 Å². The van der Waals surface area contributed by atoms with Crippen LogP contribution in [0.2, 0.25) is 0 Å². The minimum Gasteiger partial charge on any atom is -0.365 e. The number of non-ortho nitro benzene ring substituents is 2. The molecule has 1 atom stereocenters. The van der Waals surface area contributed by atoms with Gasteiger partial charge in [0.2, 0.25) is 0 Å². The van der Waals surface area contributed by atoms with Gasteiger partial charge >= 0.3 is 0 Å². The Hall–Kier alpha value is -2.96. The molecule has 2 aromatic carbocycles. The van der Waals surface area contributed by atoms with Gasteiger partial charge in [-0.3, -0.25) is 20.2 Å². The van der Waals surface area contributed by atoms with Gasteiger partial charge in [0, 0.05) is 36.5 Å². The number of rotatable bonds is 6. The quantitative estimate of drug-likeness (QED) is 0.591. The van der Waals surface area contributed by atoms with Crippen molar-refractivity contribution in [1.29, 1.82) is 0 Å². The van der Waals surface area contributed by atoms with Crippen molar-refractivity contribution >= 4 is 17.1 Å². The van der Waals surface area contributed by atoms with Crippen molar-refractivity contribution in [3.05, 3.63) is 74.3 Å². The summed E-state index contributed by atoms with van der Waals surface area (Å²) in [6.45, 7) is 4.69. The van der Waals surface area contributed by atoms with Crippen molar-refractivity contribution in [2.75, 3.05) is 11.4 Å². The van der Waals surface area contributed by atoms with Gasteiger partial charge in [-0.15, -0.1) is 0 Å². The van der Waals surface area contributed by atoms with E-state index in [0.717, 1.165) is 11.3 Å². The molecule has 0 aliphatic carbocycles. The average molecular weight is 315 g/mol. The third-order valence-electron chi connectivity index (χ3n) is 3.79. The molecule has 23 heavy (non-hydrogen) atoms. The van der Waals surface area contributed by atoms with Crippen LogP contribution < -0.4 is 4.90 Å². The zero-order valence-corrected chi connectivity index (χ0v) is 12.9. The highest BCUT2D eigenvalue weighted by molar-refractivity contribution is 5.52. The first-order valence-corrected chi connectivity index (χ1v) is 7.19. The van der Waals surface area contributed by atoms with Gasteiger partial charge in [0.15, 0.2) is 0 Å². The monoisotopic (exact) mass is 315 g/mol. The Kier molecular flexibility index (Phi) is 4.90. The van der Waals surface area contributed by atoms with Crippen LogP contribution in [0.1, 0.15) is 25.5 Å². The number of nitrogens with zero attached hydrogens (tertiary/aromatic N) is 3. The number of anilines is 1. The van der Waals surface area contributed by atoms with Gasteiger partial charge in [0.25, 0.3) is 11.4 Å². The summed E-state index contributed by atoms with van der Waals surface area (Å²) >= 11 is 0. The number of hydrogen-bond donors (Lipinski definition) is 0. The number of benzene rings is 2. The van der Waals surface area contributed by atoms with E-state index in [1.54, 1.807) is 24.3 Å². The van der Waals surface area contributed by atoms with E-state index in [1.165, 1.54) is 24.3 Å². The molecule has 0 bridgehead atoms. The summed E-state index contributed by atoms with van der Waals surface area (Å²) in [5.74, 6) is 0. The highest BCUT2D eigenvalue weighted by Gasteiger charge is 2.17. The Morgan fingerprint density at radius 1 is 0.913 bits per heavy atom. The van der Waals surface area contributed by atoms with Crippen LogP contribution in [0.3, 0.4) is 0 Å². The van der Waals surface area contributed by atoms with Crippen molar-refractivity contribution < 1.29 is 9.85 Å². The highest BCUT2D eigenvalue weighted by atomic mass is 16.6. The third-order valence-corrected chi connectivity index (χ3v) is 3.79. The van der Waals surface area contributed by atoms with Crippen LogP contribution in [0.5, 0.6) is 0 Å². The van der Waals surface area contributed by atoms with Crippen molar-refractivity contribution in [2.24, 2.45) is 0 Å². The van der Waals surface area contributed by atoms with E-state index in [-0.39, 0.29) is 17.4 Å². The lowest BCUT2D eigenvalue weighted by Gasteiger charge is -2.30. The first-order valence-electron chi connectivity index (χ1n) is 7.19. The van der Waals surface area contributed by atoms with E-state index >= 15 is 0 Å². The first kappa shape index (κ1) is 16.4. The normalized spacial score (nSPS) is 11.7. The zero-order valence-electron chi connectivity index (χ0n) is 12.9. The van der Waals surface area contributed by atoms with E-state index in [0.29, 0.717) is 6.54 Å². The lowest BCUT2D eigenvalue weighted by molar-refractivity contribution is -0.385. The van der Waals surface area contributed by atoms with Crippen LogP contribution in [0.25, 0.3) is 0 Å². The molecular formula is C16H17N3O4. The zero-order chi connectivity index (χ0) is 17.0. The molecule has 2 aromatic rings. The molecular weight excluding hydrogens is 298 g/mol. The Balaban J connectivity index is 2.25. The predicted molar refractivity (Wildman–Crippen MR) is 87.6 cm³/mol. The van der Waals surface area contributed by atoms with Gasteiger partial charge in [-0.05, 0) is 31.5 Å². The van der Waals surface area contributed by atoms with Gasteiger partial charge in [-0.25, -0.2) is 0 Å². The molecule has 0 fully saturated rings. The smallest absolute Gasteiger partial charge is 0.269 e. The molecule has 0 saturated heterocycles. The second kappa shape index (κ2) is 6.87. The van der Waals surface area contributed by atoms with Crippen LogP contribution >= 0.6 is 0 Å². The minimum absolute atomic E-state index is 0.0118. The SMILES string of the molecule is CCN(c1ccc([N+](=O)[O-])cc1)C(C)c1ccc([N+](=O)[O-])cc1. The summed E-state index contributed by atoms with van der Waals surface area (Å²) in [7, 11) is 0. The summed E-state index contributed by atoms with van der Waals surface area (Å²) in [6, 6.07) is 12.8. The van der Waals surface area contributed by atoms with Gasteiger partial charge < -0.3 is 4.90 Å². The third kappa shape index (κ3) is 3.63. The predicted octanol–water partition coefficient (Wildman–Crippen LogP) is 4.09. The average Bonchev–Trinajstić information content (AvgIpc) is 2.56. The maximum Gasteiger partial charge on any atom is 0.269 e. The van der Waals surface area contributed by atoms with Crippen LogP contribution in [0.15, 0.2) is 48.5 Å². The molecule has 0 aromatic heterocycles. The Bertz CT molecular complexity index is 698. The molecule has 0 heterocycles. The summed E-state index contributed by atoms with van der Waals surface area (Å²) in [5, 5.41) is 21.5. The van der Waals surface area contributed by atoms with Crippen LogP contribution in [0, 0.1) is 20.2 Å². The minimum atomic E-state index is -0.431. The molecule has 7 nitrogen and oxygen atoms in total. The second-order valence-electron chi connectivity index (χ2n) is 5.08. The van der Waals surface area contributed by atoms with E-state index in [4.69, 9.17) is 0 Å². The molecule has 0 spiro atoms. The van der Waals surface area contributed by atoms with E-state index in [1.807, 2.05) is 13.8 Å². The summed E-state index contributed by atoms with van der Waals surface area (Å²) in [5.41, 5.74) is 1.91. The molecule has 1 unspecified atom stereocenters. The van der Waals surface area contributed by atoms with Crippen molar-refractivity contribution in [1.82, 2.24) is 0 Å². The summed E-state index contributed by atoms with van der Waals surface area (Å²) < 4.78 is 0. The Morgan fingerprint density at radius 3 is 1.74 bits per heavy atom. The molecule has 2 rings (SSSR count). The summed E-state index contributed by atoms with van der Waals surface area (Å²) in [6.07, 6.45) is 0. The first-order chi connectivity index (χ1) is 10.9. The van der Waals surface area contributed by atoms with Gasteiger partial charge in [-0.2, -0.15) is 0 Å².